The smallest absolute Gasteiger partial charge is 0.341 e. The number of carbonyl (C=O) groups is 2. The topological polar surface area (TPSA) is 64.6 Å². The zero-order valence-electron chi connectivity index (χ0n) is 10.9. The van der Waals surface area contributed by atoms with Crippen LogP contribution in [0.5, 0.6) is 5.75 Å². The average molecular weight is 286 g/mol. The first kappa shape index (κ1) is 15.3. The maximum Gasteiger partial charge on any atom is 0.341 e. The van der Waals surface area contributed by atoms with E-state index in [9.17, 15) is 9.59 Å². The molecular weight excluding hydrogens is 270 g/mol. The lowest BCUT2D eigenvalue weighted by Gasteiger charge is -2.09. The van der Waals surface area contributed by atoms with Gasteiger partial charge in [0.15, 0.2) is 0 Å². The molecule has 0 aliphatic rings. The third-order valence-electron chi connectivity index (χ3n) is 2.31. The zero-order valence-corrected chi connectivity index (χ0v) is 11.6. The van der Waals surface area contributed by atoms with E-state index in [0.717, 1.165) is 0 Å². The summed E-state index contributed by atoms with van der Waals surface area (Å²) < 4.78 is 10.1. The van der Waals surface area contributed by atoms with E-state index in [2.05, 4.69) is 5.32 Å². The first-order valence-corrected chi connectivity index (χ1v) is 6.17. The Kier molecular flexibility index (Phi) is 6.15. The summed E-state index contributed by atoms with van der Waals surface area (Å²) in [4.78, 5) is 22.4. The maximum absolute atomic E-state index is 11.8. The molecule has 1 amide bonds. The van der Waals surface area contributed by atoms with E-state index in [-0.39, 0.29) is 12.5 Å². The maximum atomic E-state index is 11.8. The second kappa shape index (κ2) is 7.63. The highest BCUT2D eigenvalue weighted by atomic mass is 35.5. The average Bonchev–Trinajstić information content (AvgIpc) is 2.37. The highest BCUT2D eigenvalue weighted by molar-refractivity contribution is 6.30. The molecule has 0 saturated carbocycles. The summed E-state index contributed by atoms with van der Waals surface area (Å²) in [5, 5.41) is 3.10. The molecule has 0 unspecified atom stereocenters. The normalized spacial score (nSPS) is 9.84. The Hall–Kier alpha value is -1.75. The quantitative estimate of drug-likeness (QED) is 0.642. The highest BCUT2D eigenvalue weighted by Gasteiger charge is 2.13. The number of nitrogens with one attached hydrogen (secondary N) is 1. The molecule has 0 atom stereocenters. The molecule has 0 bridgehead atoms. The van der Waals surface area contributed by atoms with Crippen molar-refractivity contribution in [3.05, 3.63) is 28.8 Å². The fourth-order valence-corrected chi connectivity index (χ4v) is 1.57. The van der Waals surface area contributed by atoms with Gasteiger partial charge in [-0.25, -0.2) is 4.79 Å². The van der Waals surface area contributed by atoms with Crippen molar-refractivity contribution < 1.29 is 19.1 Å². The Morgan fingerprint density at radius 2 is 2.11 bits per heavy atom. The summed E-state index contributed by atoms with van der Waals surface area (Å²) >= 11 is 5.80. The molecule has 1 aromatic carbocycles. The highest BCUT2D eigenvalue weighted by Crippen LogP contribution is 2.23. The van der Waals surface area contributed by atoms with Crippen LogP contribution in [0, 0.1) is 0 Å². The number of hydrogen-bond acceptors (Lipinski definition) is 4. The van der Waals surface area contributed by atoms with Gasteiger partial charge in [0, 0.05) is 18.5 Å². The van der Waals surface area contributed by atoms with Crippen molar-refractivity contribution in [2.75, 3.05) is 20.3 Å². The number of esters is 1. The fourth-order valence-electron chi connectivity index (χ4n) is 1.41. The molecule has 0 aliphatic heterocycles. The standard InChI is InChI=1S/C13H16ClNO4/c1-9(16)15-6-3-7-19-13(17)11-5-4-10(14)8-12(11)18-2/h4-5,8H,3,6-7H2,1-2H3,(H,15,16). The molecule has 1 N–H and O–H groups in total. The molecule has 0 aliphatic carbocycles. The SMILES string of the molecule is COc1cc(Cl)ccc1C(=O)OCCCNC(C)=O. The third-order valence-corrected chi connectivity index (χ3v) is 2.55. The lowest BCUT2D eigenvalue weighted by molar-refractivity contribution is -0.118. The van der Waals surface area contributed by atoms with Crippen LogP contribution < -0.4 is 10.1 Å². The van der Waals surface area contributed by atoms with Crippen molar-refractivity contribution in [2.24, 2.45) is 0 Å². The van der Waals surface area contributed by atoms with Crippen LogP contribution in [0.2, 0.25) is 5.02 Å². The molecule has 1 aromatic rings. The van der Waals surface area contributed by atoms with Gasteiger partial charge in [0.25, 0.3) is 0 Å². The van der Waals surface area contributed by atoms with Gasteiger partial charge in [-0.1, -0.05) is 11.6 Å². The first-order chi connectivity index (χ1) is 9.04. The van der Waals surface area contributed by atoms with Gasteiger partial charge in [-0.05, 0) is 24.6 Å². The Morgan fingerprint density at radius 3 is 2.74 bits per heavy atom. The minimum Gasteiger partial charge on any atom is -0.496 e. The Morgan fingerprint density at radius 1 is 1.37 bits per heavy atom. The van der Waals surface area contributed by atoms with Crippen molar-refractivity contribution in [1.29, 1.82) is 0 Å². The molecule has 19 heavy (non-hydrogen) atoms. The molecule has 0 saturated heterocycles. The van der Waals surface area contributed by atoms with Crippen molar-refractivity contribution in [1.82, 2.24) is 5.32 Å². The van der Waals surface area contributed by atoms with E-state index in [1.54, 1.807) is 18.2 Å². The number of benzene rings is 1. The predicted molar refractivity (Wildman–Crippen MR) is 71.6 cm³/mol. The van der Waals surface area contributed by atoms with Gasteiger partial charge in [0.2, 0.25) is 5.91 Å². The van der Waals surface area contributed by atoms with Crippen molar-refractivity contribution >= 4 is 23.5 Å². The van der Waals surface area contributed by atoms with E-state index < -0.39 is 5.97 Å². The molecule has 0 radical (unpaired) electrons. The monoisotopic (exact) mass is 285 g/mol. The number of carbonyl (C=O) groups excluding carboxylic acids is 2. The van der Waals surface area contributed by atoms with Crippen LogP contribution in [0.3, 0.4) is 0 Å². The van der Waals surface area contributed by atoms with Crippen LogP contribution >= 0.6 is 11.6 Å². The number of rotatable bonds is 6. The Labute approximate surface area is 116 Å². The summed E-state index contributed by atoms with van der Waals surface area (Å²) in [7, 11) is 1.46. The van der Waals surface area contributed by atoms with E-state index >= 15 is 0 Å². The van der Waals surface area contributed by atoms with Crippen LogP contribution in [0.25, 0.3) is 0 Å². The third kappa shape index (κ3) is 5.18. The van der Waals surface area contributed by atoms with Crippen LogP contribution in [0.15, 0.2) is 18.2 Å². The van der Waals surface area contributed by atoms with Gasteiger partial charge in [-0.15, -0.1) is 0 Å². The van der Waals surface area contributed by atoms with Gasteiger partial charge in [0.05, 0.1) is 13.7 Å². The zero-order chi connectivity index (χ0) is 14.3. The molecule has 0 aromatic heterocycles. The van der Waals surface area contributed by atoms with Crippen molar-refractivity contribution in [3.63, 3.8) is 0 Å². The summed E-state index contributed by atoms with van der Waals surface area (Å²) in [5.41, 5.74) is 0.325. The number of hydrogen-bond donors (Lipinski definition) is 1. The van der Waals surface area contributed by atoms with E-state index in [4.69, 9.17) is 21.1 Å². The first-order valence-electron chi connectivity index (χ1n) is 5.79. The second-order valence-electron chi connectivity index (χ2n) is 3.82. The number of methoxy groups -OCH3 is 1. The van der Waals surface area contributed by atoms with Crippen LogP contribution in [-0.2, 0) is 9.53 Å². The lowest BCUT2D eigenvalue weighted by atomic mass is 10.2. The van der Waals surface area contributed by atoms with Gasteiger partial charge in [0.1, 0.15) is 11.3 Å². The minimum absolute atomic E-state index is 0.106. The van der Waals surface area contributed by atoms with E-state index in [0.29, 0.717) is 29.3 Å². The van der Waals surface area contributed by atoms with Gasteiger partial charge in [-0.3, -0.25) is 4.79 Å². The summed E-state index contributed by atoms with van der Waals surface area (Å²) in [5.74, 6) is -0.207. The minimum atomic E-state index is -0.476. The van der Waals surface area contributed by atoms with Crippen molar-refractivity contribution in [3.8, 4) is 5.75 Å². The van der Waals surface area contributed by atoms with E-state index in [1.807, 2.05) is 0 Å². The van der Waals surface area contributed by atoms with Crippen molar-refractivity contribution in [2.45, 2.75) is 13.3 Å². The molecule has 6 heteroatoms. The molecule has 0 fully saturated rings. The summed E-state index contributed by atoms with van der Waals surface area (Å²) in [6.45, 7) is 2.13. The lowest BCUT2D eigenvalue weighted by Crippen LogP contribution is -2.22. The van der Waals surface area contributed by atoms with Crippen LogP contribution in [-0.4, -0.2) is 32.1 Å². The van der Waals surface area contributed by atoms with Gasteiger partial charge in [-0.2, -0.15) is 0 Å². The summed E-state index contributed by atoms with van der Waals surface area (Å²) in [6, 6.07) is 4.70. The predicted octanol–water partition coefficient (Wildman–Crippen LogP) is 2.03. The van der Waals surface area contributed by atoms with Gasteiger partial charge < -0.3 is 14.8 Å². The molecular formula is C13H16ClNO4. The molecule has 0 spiro atoms. The van der Waals surface area contributed by atoms with Crippen LogP contribution in [0.1, 0.15) is 23.7 Å². The Bertz CT molecular complexity index is 462. The number of ether oxygens (including phenoxy) is 2. The molecule has 1 rings (SSSR count). The number of halogens is 1. The van der Waals surface area contributed by atoms with Gasteiger partial charge >= 0.3 is 5.97 Å². The fraction of sp³-hybridized carbons (Fsp3) is 0.385. The molecule has 5 nitrogen and oxygen atoms in total. The Balaban J connectivity index is 2.47. The molecule has 104 valence electrons. The van der Waals surface area contributed by atoms with E-state index in [1.165, 1.54) is 14.0 Å². The molecule has 0 heterocycles. The summed E-state index contributed by atoms with van der Waals surface area (Å²) in [6.07, 6.45) is 0.557. The number of amides is 1. The largest absolute Gasteiger partial charge is 0.496 e. The van der Waals surface area contributed by atoms with Crippen LogP contribution in [0.4, 0.5) is 0 Å². The second-order valence-corrected chi connectivity index (χ2v) is 4.25.